The fourth-order valence-corrected chi connectivity index (χ4v) is 2.26. The van der Waals surface area contributed by atoms with E-state index in [-0.39, 0.29) is 11.6 Å². The molecule has 0 unspecified atom stereocenters. The first-order valence-electron chi connectivity index (χ1n) is 7.42. The molecule has 0 aliphatic heterocycles. The van der Waals surface area contributed by atoms with Crippen molar-refractivity contribution in [3.8, 4) is 11.3 Å². The minimum atomic E-state index is -0.493. The maximum atomic E-state index is 13.0. The highest BCUT2D eigenvalue weighted by atomic mass is 19.1. The third-order valence-corrected chi connectivity index (χ3v) is 3.50. The van der Waals surface area contributed by atoms with Crippen molar-refractivity contribution in [2.45, 2.75) is 0 Å². The van der Waals surface area contributed by atoms with Gasteiger partial charge in [0.25, 0.3) is 5.91 Å². The standard InChI is InChI=1S/C19H14FNO4/c1-24-19(23)13-3-2-4-15(11-13)21-18(22)17-10-9-16(25-17)12-5-7-14(20)8-6-12/h2-11H,1H3,(H,21,22). The number of nitrogens with one attached hydrogen (secondary N) is 1. The highest BCUT2D eigenvalue weighted by molar-refractivity contribution is 6.03. The van der Waals surface area contributed by atoms with Gasteiger partial charge in [-0.15, -0.1) is 0 Å². The molecule has 126 valence electrons. The van der Waals surface area contributed by atoms with Crippen LogP contribution in [0.15, 0.2) is 65.1 Å². The van der Waals surface area contributed by atoms with E-state index in [4.69, 9.17) is 4.42 Å². The Kier molecular flexibility index (Phi) is 4.61. The van der Waals surface area contributed by atoms with E-state index in [0.717, 1.165) is 0 Å². The highest BCUT2D eigenvalue weighted by Crippen LogP contribution is 2.23. The first-order chi connectivity index (χ1) is 12.1. The van der Waals surface area contributed by atoms with Gasteiger partial charge in [0, 0.05) is 11.3 Å². The molecule has 5 nitrogen and oxygen atoms in total. The van der Waals surface area contributed by atoms with Crippen molar-refractivity contribution in [2.24, 2.45) is 0 Å². The van der Waals surface area contributed by atoms with Crippen LogP contribution in [0, 0.1) is 5.82 Å². The Hall–Kier alpha value is -3.41. The topological polar surface area (TPSA) is 68.5 Å². The zero-order chi connectivity index (χ0) is 17.8. The van der Waals surface area contributed by atoms with Gasteiger partial charge in [0.15, 0.2) is 5.76 Å². The van der Waals surface area contributed by atoms with Crippen LogP contribution in [0.5, 0.6) is 0 Å². The van der Waals surface area contributed by atoms with Gasteiger partial charge >= 0.3 is 5.97 Å². The molecular weight excluding hydrogens is 325 g/mol. The van der Waals surface area contributed by atoms with E-state index in [2.05, 4.69) is 10.1 Å². The number of ether oxygens (including phenoxy) is 1. The number of hydrogen-bond donors (Lipinski definition) is 1. The average Bonchev–Trinajstić information content (AvgIpc) is 3.12. The minimum Gasteiger partial charge on any atom is -0.465 e. The van der Waals surface area contributed by atoms with Gasteiger partial charge in [-0.25, -0.2) is 9.18 Å². The second-order valence-corrected chi connectivity index (χ2v) is 5.20. The smallest absolute Gasteiger partial charge is 0.337 e. The number of rotatable bonds is 4. The van der Waals surface area contributed by atoms with Crippen molar-refractivity contribution in [2.75, 3.05) is 12.4 Å². The van der Waals surface area contributed by atoms with Crippen LogP contribution < -0.4 is 5.32 Å². The third kappa shape index (κ3) is 3.74. The number of furan rings is 1. The lowest BCUT2D eigenvalue weighted by molar-refractivity contribution is 0.0600. The number of amides is 1. The second kappa shape index (κ2) is 7.00. The molecule has 3 aromatic rings. The lowest BCUT2D eigenvalue weighted by Crippen LogP contribution is -2.11. The number of halogens is 1. The molecule has 1 N–H and O–H groups in total. The van der Waals surface area contributed by atoms with Crippen molar-refractivity contribution in [1.82, 2.24) is 0 Å². The van der Waals surface area contributed by atoms with Gasteiger partial charge in [-0.2, -0.15) is 0 Å². The molecule has 0 spiro atoms. The summed E-state index contributed by atoms with van der Waals surface area (Å²) in [4.78, 5) is 23.8. The lowest BCUT2D eigenvalue weighted by Gasteiger charge is -2.05. The van der Waals surface area contributed by atoms with Crippen molar-refractivity contribution < 1.29 is 23.1 Å². The molecule has 1 aromatic heterocycles. The fraction of sp³-hybridized carbons (Fsp3) is 0.0526. The Morgan fingerprint density at radius 3 is 2.52 bits per heavy atom. The number of hydrogen-bond acceptors (Lipinski definition) is 4. The van der Waals surface area contributed by atoms with E-state index in [0.29, 0.717) is 22.6 Å². The predicted octanol–water partition coefficient (Wildman–Crippen LogP) is 4.12. The Morgan fingerprint density at radius 1 is 1.04 bits per heavy atom. The van der Waals surface area contributed by atoms with E-state index in [9.17, 15) is 14.0 Å². The van der Waals surface area contributed by atoms with Crippen LogP contribution in [0.2, 0.25) is 0 Å². The Bertz CT molecular complexity index is 915. The van der Waals surface area contributed by atoms with Gasteiger partial charge in [-0.1, -0.05) is 6.07 Å². The molecule has 25 heavy (non-hydrogen) atoms. The molecule has 1 heterocycles. The number of anilines is 1. The van der Waals surface area contributed by atoms with Gasteiger partial charge in [-0.3, -0.25) is 4.79 Å². The van der Waals surface area contributed by atoms with Crippen LogP contribution in [-0.2, 0) is 4.74 Å². The molecule has 0 fully saturated rings. The van der Waals surface area contributed by atoms with Crippen molar-refractivity contribution in [3.05, 3.63) is 77.8 Å². The first kappa shape index (κ1) is 16.4. The number of carbonyl (C=O) groups excluding carboxylic acids is 2. The Labute approximate surface area is 143 Å². The molecule has 1 amide bonds. The molecule has 0 aliphatic carbocycles. The molecule has 0 radical (unpaired) electrons. The van der Waals surface area contributed by atoms with Crippen molar-refractivity contribution in [1.29, 1.82) is 0 Å². The largest absolute Gasteiger partial charge is 0.465 e. The maximum absolute atomic E-state index is 13.0. The average molecular weight is 339 g/mol. The summed E-state index contributed by atoms with van der Waals surface area (Å²) < 4.78 is 23.1. The number of esters is 1. The molecule has 0 saturated carbocycles. The Balaban J connectivity index is 1.76. The van der Waals surface area contributed by atoms with Gasteiger partial charge in [0.1, 0.15) is 11.6 Å². The number of methoxy groups -OCH3 is 1. The monoisotopic (exact) mass is 339 g/mol. The quantitative estimate of drug-likeness (QED) is 0.726. The van der Waals surface area contributed by atoms with E-state index in [1.165, 1.54) is 31.4 Å². The zero-order valence-electron chi connectivity index (χ0n) is 13.3. The van der Waals surface area contributed by atoms with Gasteiger partial charge in [0.2, 0.25) is 0 Å². The summed E-state index contributed by atoms with van der Waals surface area (Å²) in [6, 6.07) is 15.3. The minimum absolute atomic E-state index is 0.0998. The van der Waals surface area contributed by atoms with Gasteiger partial charge in [-0.05, 0) is 54.6 Å². The maximum Gasteiger partial charge on any atom is 0.337 e. The van der Waals surface area contributed by atoms with Crippen LogP contribution in [0.3, 0.4) is 0 Å². The van der Waals surface area contributed by atoms with E-state index in [1.54, 1.807) is 36.4 Å². The van der Waals surface area contributed by atoms with E-state index in [1.807, 2.05) is 0 Å². The van der Waals surface area contributed by atoms with Crippen molar-refractivity contribution in [3.63, 3.8) is 0 Å². The van der Waals surface area contributed by atoms with Gasteiger partial charge < -0.3 is 14.5 Å². The van der Waals surface area contributed by atoms with E-state index >= 15 is 0 Å². The van der Waals surface area contributed by atoms with E-state index < -0.39 is 11.9 Å². The molecule has 0 atom stereocenters. The van der Waals surface area contributed by atoms with Crippen molar-refractivity contribution >= 4 is 17.6 Å². The predicted molar refractivity (Wildman–Crippen MR) is 89.8 cm³/mol. The molecular formula is C19H14FNO4. The van der Waals surface area contributed by atoms with Crippen LogP contribution in [-0.4, -0.2) is 19.0 Å². The van der Waals surface area contributed by atoms with Crippen LogP contribution in [0.4, 0.5) is 10.1 Å². The molecule has 0 bridgehead atoms. The van der Waals surface area contributed by atoms with Gasteiger partial charge in [0.05, 0.1) is 12.7 Å². The molecule has 0 aliphatic rings. The number of carbonyl (C=O) groups is 2. The summed E-state index contributed by atoms with van der Waals surface area (Å²) in [6.07, 6.45) is 0. The SMILES string of the molecule is COC(=O)c1cccc(NC(=O)c2ccc(-c3ccc(F)cc3)o2)c1. The van der Waals surface area contributed by atoms with Crippen LogP contribution in [0.25, 0.3) is 11.3 Å². The molecule has 0 saturated heterocycles. The number of benzene rings is 2. The normalized spacial score (nSPS) is 10.3. The van der Waals surface area contributed by atoms with Crippen LogP contribution in [0.1, 0.15) is 20.9 Å². The summed E-state index contributed by atoms with van der Waals surface area (Å²) in [5.41, 5.74) is 1.42. The zero-order valence-corrected chi connectivity index (χ0v) is 13.3. The second-order valence-electron chi connectivity index (χ2n) is 5.20. The summed E-state index contributed by atoms with van der Waals surface area (Å²) >= 11 is 0. The summed E-state index contributed by atoms with van der Waals surface area (Å²) in [5.74, 6) is -0.752. The Morgan fingerprint density at radius 2 is 1.80 bits per heavy atom. The third-order valence-electron chi connectivity index (χ3n) is 3.50. The molecule has 6 heteroatoms. The summed E-state index contributed by atoms with van der Waals surface area (Å²) in [7, 11) is 1.29. The summed E-state index contributed by atoms with van der Waals surface area (Å²) in [6.45, 7) is 0. The van der Waals surface area contributed by atoms with Crippen LogP contribution >= 0.6 is 0 Å². The lowest BCUT2D eigenvalue weighted by atomic mass is 10.2. The molecule has 2 aromatic carbocycles. The highest BCUT2D eigenvalue weighted by Gasteiger charge is 2.14. The fourth-order valence-electron chi connectivity index (χ4n) is 2.26. The first-order valence-corrected chi connectivity index (χ1v) is 7.42. The summed E-state index contributed by atoms with van der Waals surface area (Å²) in [5, 5.41) is 2.65. The molecule has 3 rings (SSSR count).